The molecule has 0 saturated carbocycles. The van der Waals surface area contributed by atoms with E-state index in [1.807, 2.05) is 64.0 Å². The summed E-state index contributed by atoms with van der Waals surface area (Å²) in [5.41, 5.74) is 0.870. The van der Waals surface area contributed by atoms with Crippen molar-refractivity contribution in [3.63, 3.8) is 0 Å². The number of carbonyl (C=O) groups excluding carboxylic acids is 1. The summed E-state index contributed by atoms with van der Waals surface area (Å²) in [6.07, 6.45) is 6.46. The van der Waals surface area contributed by atoms with Crippen molar-refractivity contribution in [1.82, 2.24) is 14.5 Å². The number of imidazole rings is 1. The number of nitrogens with zero attached hydrogens (tertiary/aromatic N) is 4. The van der Waals surface area contributed by atoms with Gasteiger partial charge in [-0.05, 0) is 37.1 Å². The Kier molecular flexibility index (Phi) is 4.20. The molecule has 2 saturated heterocycles. The molecule has 158 valence electrons. The van der Waals surface area contributed by atoms with Crippen molar-refractivity contribution >= 4 is 29.2 Å². The molecule has 3 aliphatic rings. The fourth-order valence-corrected chi connectivity index (χ4v) is 6.62. The highest BCUT2D eigenvalue weighted by atomic mass is 32.2. The number of piperidine rings is 1. The molecule has 0 radical (unpaired) electrons. The second-order valence-corrected chi connectivity index (χ2v) is 9.83. The summed E-state index contributed by atoms with van der Waals surface area (Å²) < 4.78 is 1.89. The minimum atomic E-state index is -0.992. The first kappa shape index (κ1) is 19.0. The molecule has 1 aromatic heterocycles. The van der Waals surface area contributed by atoms with Crippen LogP contribution in [0.25, 0.3) is 0 Å². The second kappa shape index (κ2) is 6.87. The van der Waals surface area contributed by atoms with Crippen LogP contribution >= 0.6 is 11.8 Å². The molecule has 4 heterocycles. The Labute approximate surface area is 185 Å². The van der Waals surface area contributed by atoms with Gasteiger partial charge in [-0.2, -0.15) is 0 Å². The lowest BCUT2D eigenvalue weighted by Crippen LogP contribution is -2.55. The minimum absolute atomic E-state index is 0.00172. The number of hydrogen-bond acceptors (Lipinski definition) is 4. The number of fused-ring (bicyclic) bond motifs is 4. The van der Waals surface area contributed by atoms with Crippen LogP contribution in [-0.4, -0.2) is 37.7 Å². The van der Waals surface area contributed by atoms with E-state index in [9.17, 15) is 9.90 Å². The Bertz CT molecular complexity index is 1120. The van der Waals surface area contributed by atoms with Gasteiger partial charge in [0.05, 0.1) is 11.4 Å². The first-order chi connectivity index (χ1) is 15.0. The summed E-state index contributed by atoms with van der Waals surface area (Å²) in [7, 11) is 1.92. The number of benzene rings is 2. The molecule has 2 amide bonds. The van der Waals surface area contributed by atoms with Crippen LogP contribution in [0.3, 0.4) is 0 Å². The van der Waals surface area contributed by atoms with Crippen molar-refractivity contribution in [2.24, 2.45) is 7.05 Å². The molecule has 31 heavy (non-hydrogen) atoms. The molecule has 1 N–H and O–H groups in total. The Morgan fingerprint density at radius 3 is 2.16 bits per heavy atom. The lowest BCUT2D eigenvalue weighted by Gasteiger charge is -2.45. The number of amides is 2. The van der Waals surface area contributed by atoms with Crippen molar-refractivity contribution in [1.29, 1.82) is 0 Å². The Morgan fingerprint density at radius 2 is 1.61 bits per heavy atom. The second-order valence-electron chi connectivity index (χ2n) is 8.75. The normalized spacial score (nSPS) is 26.5. The lowest BCUT2D eigenvalue weighted by molar-refractivity contribution is -0.0510. The van der Waals surface area contributed by atoms with E-state index < -0.39 is 5.60 Å². The highest BCUT2D eigenvalue weighted by Gasteiger charge is 2.52. The predicted molar refractivity (Wildman–Crippen MR) is 120 cm³/mol. The van der Waals surface area contributed by atoms with Crippen LogP contribution in [0.2, 0.25) is 0 Å². The number of aryl methyl sites for hydroxylation is 1. The van der Waals surface area contributed by atoms with Crippen molar-refractivity contribution in [3.8, 4) is 0 Å². The molecule has 3 atom stereocenters. The summed E-state index contributed by atoms with van der Waals surface area (Å²) in [6.45, 7) is 0. The quantitative estimate of drug-likeness (QED) is 0.608. The maximum atomic E-state index is 14.0. The lowest BCUT2D eigenvalue weighted by atomic mass is 9.85. The fraction of sp³-hybridized carbons (Fsp3) is 0.333. The van der Waals surface area contributed by atoms with E-state index in [1.165, 1.54) is 0 Å². The average Bonchev–Trinajstić information content (AvgIpc) is 3.33. The van der Waals surface area contributed by atoms with Gasteiger partial charge in [-0.3, -0.25) is 4.90 Å². The van der Waals surface area contributed by atoms with Gasteiger partial charge in [0, 0.05) is 54.2 Å². The summed E-state index contributed by atoms with van der Waals surface area (Å²) in [5.74, 6) is 0.696. The molecule has 2 fully saturated rings. The number of carbonyl (C=O) groups is 1. The van der Waals surface area contributed by atoms with Crippen molar-refractivity contribution in [2.75, 3.05) is 4.90 Å². The summed E-state index contributed by atoms with van der Waals surface area (Å²) >= 11 is 1.70. The van der Waals surface area contributed by atoms with E-state index >= 15 is 0 Å². The van der Waals surface area contributed by atoms with Crippen LogP contribution in [0, 0.1) is 0 Å². The number of para-hydroxylation sites is 2. The number of anilines is 2. The highest BCUT2D eigenvalue weighted by molar-refractivity contribution is 7.99. The average molecular weight is 433 g/mol. The number of aromatic nitrogens is 2. The number of urea groups is 1. The molecule has 0 aliphatic carbocycles. The van der Waals surface area contributed by atoms with Crippen LogP contribution in [0.1, 0.15) is 31.5 Å². The van der Waals surface area contributed by atoms with Crippen molar-refractivity contribution < 1.29 is 9.90 Å². The van der Waals surface area contributed by atoms with Gasteiger partial charge in [0.15, 0.2) is 0 Å². The van der Waals surface area contributed by atoms with E-state index in [2.05, 4.69) is 17.1 Å². The van der Waals surface area contributed by atoms with Gasteiger partial charge in [-0.1, -0.05) is 36.0 Å². The molecule has 3 aromatic rings. The third kappa shape index (κ3) is 2.83. The Hall–Kier alpha value is -2.77. The highest BCUT2D eigenvalue weighted by Crippen LogP contribution is 2.51. The molecule has 0 spiro atoms. The van der Waals surface area contributed by atoms with E-state index in [1.54, 1.807) is 18.0 Å². The Balaban J connectivity index is 1.37. The molecule has 2 bridgehead atoms. The Morgan fingerprint density at radius 1 is 1.03 bits per heavy atom. The molecule has 7 heteroatoms. The van der Waals surface area contributed by atoms with Crippen LogP contribution in [0.15, 0.2) is 70.7 Å². The third-order valence-corrected chi connectivity index (χ3v) is 7.98. The van der Waals surface area contributed by atoms with Gasteiger partial charge in [0.25, 0.3) is 0 Å². The standard InChI is InChI=1S/C24H24N4O2S/c1-26-13-12-25-22(26)24(30)14-16-10-11-17(15-24)27(16)23(29)28-18-6-2-4-8-20(18)31-21-9-5-3-7-19(21)28/h2-9,12-13,16-17,30H,10-11,14-15H2,1H3/t16-,17+,24?. The van der Waals surface area contributed by atoms with Gasteiger partial charge in [-0.15, -0.1) is 0 Å². The number of aliphatic hydroxyl groups is 1. The molecule has 2 aromatic carbocycles. The molecule has 1 unspecified atom stereocenters. The molecular formula is C24H24N4O2S. The van der Waals surface area contributed by atoms with Crippen LogP contribution < -0.4 is 4.90 Å². The van der Waals surface area contributed by atoms with Crippen molar-refractivity contribution in [2.45, 2.75) is 53.2 Å². The zero-order valence-corrected chi connectivity index (χ0v) is 18.1. The maximum Gasteiger partial charge on any atom is 0.329 e. The zero-order valence-electron chi connectivity index (χ0n) is 17.3. The summed E-state index contributed by atoms with van der Waals surface area (Å²) in [4.78, 5) is 24.5. The topological polar surface area (TPSA) is 61.6 Å². The van der Waals surface area contributed by atoms with Crippen LogP contribution in [0.5, 0.6) is 0 Å². The van der Waals surface area contributed by atoms with Crippen LogP contribution in [0.4, 0.5) is 16.2 Å². The molecule has 3 aliphatic heterocycles. The maximum absolute atomic E-state index is 14.0. The summed E-state index contributed by atoms with van der Waals surface area (Å²) in [5, 5.41) is 11.5. The zero-order chi connectivity index (χ0) is 21.2. The number of hydrogen-bond donors (Lipinski definition) is 1. The van der Waals surface area contributed by atoms with Crippen LogP contribution in [-0.2, 0) is 12.6 Å². The monoisotopic (exact) mass is 432 g/mol. The van der Waals surface area contributed by atoms with Gasteiger partial charge < -0.3 is 14.6 Å². The fourth-order valence-electron chi connectivity index (χ4n) is 5.56. The van der Waals surface area contributed by atoms with E-state index in [0.29, 0.717) is 18.7 Å². The van der Waals surface area contributed by atoms with E-state index in [4.69, 9.17) is 0 Å². The molecule has 6 rings (SSSR count). The van der Waals surface area contributed by atoms with Gasteiger partial charge >= 0.3 is 6.03 Å². The third-order valence-electron chi connectivity index (χ3n) is 6.85. The van der Waals surface area contributed by atoms with E-state index in [-0.39, 0.29) is 18.1 Å². The SMILES string of the molecule is Cn1ccnc1C1(O)C[C@H]2CC[C@@H](C1)N2C(=O)N1c2ccccc2Sc2ccccc21. The first-order valence-corrected chi connectivity index (χ1v) is 11.6. The van der Waals surface area contributed by atoms with Gasteiger partial charge in [0.1, 0.15) is 11.4 Å². The minimum Gasteiger partial charge on any atom is -0.382 e. The van der Waals surface area contributed by atoms with E-state index in [0.717, 1.165) is 34.0 Å². The first-order valence-electron chi connectivity index (χ1n) is 10.7. The smallest absolute Gasteiger partial charge is 0.329 e. The molecular weight excluding hydrogens is 408 g/mol. The predicted octanol–water partition coefficient (Wildman–Crippen LogP) is 4.66. The van der Waals surface area contributed by atoms with Gasteiger partial charge in [0.2, 0.25) is 0 Å². The largest absolute Gasteiger partial charge is 0.382 e. The molecule has 6 nitrogen and oxygen atoms in total. The van der Waals surface area contributed by atoms with Crippen molar-refractivity contribution in [3.05, 3.63) is 66.7 Å². The number of rotatable bonds is 1. The van der Waals surface area contributed by atoms with Gasteiger partial charge in [-0.25, -0.2) is 9.78 Å². The summed E-state index contributed by atoms with van der Waals surface area (Å²) in [6, 6.07) is 16.2.